The molecule has 0 saturated carbocycles. The van der Waals surface area contributed by atoms with Gasteiger partial charge in [0.05, 0.1) is 19.3 Å². The fraction of sp³-hybridized carbons (Fsp3) is 0.571. The van der Waals surface area contributed by atoms with Gasteiger partial charge in [0.2, 0.25) is 0 Å². The number of aryl methyl sites for hydroxylation is 2. The lowest BCUT2D eigenvalue weighted by Gasteiger charge is -2.13. The minimum atomic E-state index is 0.313. The standard InChI is InChI=1S/C14H18O3/c1-9-3-11(5-12-6-15-12)4-10(2)14(9)17-8-13-7-16-13/h3-4,12-13H,5-8H2,1-2H3. The summed E-state index contributed by atoms with van der Waals surface area (Å²) >= 11 is 0. The minimum Gasteiger partial charge on any atom is -0.490 e. The molecule has 92 valence electrons. The molecule has 17 heavy (non-hydrogen) atoms. The summed E-state index contributed by atoms with van der Waals surface area (Å²) in [5.74, 6) is 1.01. The molecular weight excluding hydrogens is 216 g/mol. The van der Waals surface area contributed by atoms with Gasteiger partial charge in [-0.15, -0.1) is 0 Å². The van der Waals surface area contributed by atoms with Crippen LogP contribution in [0.2, 0.25) is 0 Å². The van der Waals surface area contributed by atoms with Crippen molar-refractivity contribution in [1.82, 2.24) is 0 Å². The Morgan fingerprint density at radius 3 is 2.24 bits per heavy atom. The van der Waals surface area contributed by atoms with Crippen LogP contribution in [0, 0.1) is 13.8 Å². The van der Waals surface area contributed by atoms with E-state index in [-0.39, 0.29) is 0 Å². The van der Waals surface area contributed by atoms with E-state index in [1.165, 1.54) is 16.7 Å². The van der Waals surface area contributed by atoms with Crippen LogP contribution in [0.5, 0.6) is 5.75 Å². The first-order valence-electron chi connectivity index (χ1n) is 6.18. The molecule has 2 heterocycles. The van der Waals surface area contributed by atoms with Gasteiger partial charge in [0.15, 0.2) is 0 Å². The Balaban J connectivity index is 1.72. The van der Waals surface area contributed by atoms with Crippen LogP contribution >= 0.6 is 0 Å². The quantitative estimate of drug-likeness (QED) is 0.731. The molecule has 3 nitrogen and oxygen atoms in total. The van der Waals surface area contributed by atoms with Gasteiger partial charge < -0.3 is 14.2 Å². The highest BCUT2D eigenvalue weighted by molar-refractivity contribution is 5.43. The predicted octanol–water partition coefficient (Wildman–Crippen LogP) is 2.02. The molecule has 2 unspecified atom stereocenters. The molecule has 0 N–H and O–H groups in total. The lowest BCUT2D eigenvalue weighted by Crippen LogP contribution is -2.07. The Morgan fingerprint density at radius 1 is 1.12 bits per heavy atom. The summed E-state index contributed by atoms with van der Waals surface area (Å²) in [5.41, 5.74) is 3.76. The molecule has 1 aromatic carbocycles. The number of hydrogen-bond donors (Lipinski definition) is 0. The van der Waals surface area contributed by atoms with E-state index in [0.717, 1.165) is 25.4 Å². The maximum atomic E-state index is 5.81. The van der Waals surface area contributed by atoms with Crippen molar-refractivity contribution in [2.45, 2.75) is 32.5 Å². The molecule has 1 aromatic rings. The Bertz CT molecular complexity index is 396. The highest BCUT2D eigenvalue weighted by Gasteiger charge is 2.25. The molecule has 2 atom stereocenters. The smallest absolute Gasteiger partial charge is 0.125 e. The van der Waals surface area contributed by atoms with Crippen LogP contribution in [0.1, 0.15) is 16.7 Å². The van der Waals surface area contributed by atoms with Crippen LogP contribution < -0.4 is 4.74 Å². The lowest BCUT2D eigenvalue weighted by molar-refractivity contribution is 0.260. The van der Waals surface area contributed by atoms with Gasteiger partial charge in [0, 0.05) is 6.42 Å². The zero-order valence-corrected chi connectivity index (χ0v) is 10.4. The van der Waals surface area contributed by atoms with Crippen molar-refractivity contribution >= 4 is 0 Å². The van der Waals surface area contributed by atoms with Crippen LogP contribution in [0.3, 0.4) is 0 Å². The summed E-state index contributed by atoms with van der Waals surface area (Å²) in [4.78, 5) is 0. The zero-order chi connectivity index (χ0) is 11.8. The summed E-state index contributed by atoms with van der Waals surface area (Å²) in [5, 5.41) is 0. The van der Waals surface area contributed by atoms with E-state index in [1.54, 1.807) is 0 Å². The average Bonchev–Trinajstić information content (AvgIpc) is 3.10. The third-order valence-corrected chi connectivity index (χ3v) is 3.20. The Morgan fingerprint density at radius 2 is 1.71 bits per heavy atom. The molecule has 0 bridgehead atoms. The number of ether oxygens (including phenoxy) is 3. The molecule has 2 saturated heterocycles. The summed E-state index contributed by atoms with van der Waals surface area (Å²) in [7, 11) is 0. The van der Waals surface area contributed by atoms with Gasteiger partial charge in [-0.3, -0.25) is 0 Å². The number of epoxide rings is 2. The second kappa shape index (κ2) is 4.31. The van der Waals surface area contributed by atoms with Crippen molar-refractivity contribution in [1.29, 1.82) is 0 Å². The van der Waals surface area contributed by atoms with E-state index in [2.05, 4.69) is 26.0 Å². The van der Waals surface area contributed by atoms with Crippen LogP contribution in [0.4, 0.5) is 0 Å². The molecule has 3 heteroatoms. The van der Waals surface area contributed by atoms with Crippen LogP contribution in [-0.2, 0) is 15.9 Å². The third-order valence-electron chi connectivity index (χ3n) is 3.20. The first kappa shape index (κ1) is 11.1. The maximum Gasteiger partial charge on any atom is 0.125 e. The second-order valence-electron chi connectivity index (χ2n) is 4.98. The molecule has 0 amide bonds. The van der Waals surface area contributed by atoms with Gasteiger partial charge in [-0.25, -0.2) is 0 Å². The van der Waals surface area contributed by atoms with Gasteiger partial charge >= 0.3 is 0 Å². The van der Waals surface area contributed by atoms with Crippen molar-refractivity contribution in [2.24, 2.45) is 0 Å². The molecule has 2 aliphatic rings. The molecule has 0 aromatic heterocycles. The number of hydrogen-bond acceptors (Lipinski definition) is 3. The average molecular weight is 234 g/mol. The fourth-order valence-electron chi connectivity index (χ4n) is 2.17. The normalized spacial score (nSPS) is 25.8. The fourth-order valence-corrected chi connectivity index (χ4v) is 2.17. The van der Waals surface area contributed by atoms with Crippen LogP contribution in [0.15, 0.2) is 12.1 Å². The predicted molar refractivity (Wildman–Crippen MR) is 64.6 cm³/mol. The summed E-state index contributed by atoms with van der Waals surface area (Å²) in [6, 6.07) is 4.41. The Hall–Kier alpha value is -1.06. The SMILES string of the molecule is Cc1cc(CC2CO2)cc(C)c1OCC1CO1. The van der Waals surface area contributed by atoms with Gasteiger partial charge in [0.25, 0.3) is 0 Å². The number of benzene rings is 1. The summed E-state index contributed by atoms with van der Waals surface area (Å²) < 4.78 is 16.2. The first-order chi connectivity index (χ1) is 8.22. The molecule has 3 rings (SSSR count). The second-order valence-corrected chi connectivity index (χ2v) is 4.98. The largest absolute Gasteiger partial charge is 0.490 e. The lowest BCUT2D eigenvalue weighted by atomic mass is 10.0. The van der Waals surface area contributed by atoms with Crippen molar-refractivity contribution in [3.05, 3.63) is 28.8 Å². The van der Waals surface area contributed by atoms with E-state index in [9.17, 15) is 0 Å². The molecule has 0 aliphatic carbocycles. The molecule has 2 fully saturated rings. The minimum absolute atomic E-state index is 0.313. The molecule has 0 spiro atoms. The van der Waals surface area contributed by atoms with Gasteiger partial charge in [-0.1, -0.05) is 12.1 Å². The highest BCUT2D eigenvalue weighted by Crippen LogP contribution is 2.28. The first-order valence-corrected chi connectivity index (χ1v) is 6.18. The third kappa shape index (κ3) is 2.79. The molecule has 0 radical (unpaired) electrons. The van der Waals surface area contributed by atoms with Gasteiger partial charge in [0.1, 0.15) is 18.5 Å². The summed E-state index contributed by atoms with van der Waals surface area (Å²) in [6.07, 6.45) is 1.78. The van der Waals surface area contributed by atoms with E-state index in [4.69, 9.17) is 14.2 Å². The van der Waals surface area contributed by atoms with E-state index in [1.807, 2.05) is 0 Å². The molecule has 2 aliphatic heterocycles. The monoisotopic (exact) mass is 234 g/mol. The summed E-state index contributed by atoms with van der Waals surface area (Å²) in [6.45, 7) is 6.64. The van der Waals surface area contributed by atoms with Gasteiger partial charge in [-0.05, 0) is 30.5 Å². The number of rotatable bonds is 5. The van der Waals surface area contributed by atoms with Crippen molar-refractivity contribution in [2.75, 3.05) is 19.8 Å². The van der Waals surface area contributed by atoms with Crippen molar-refractivity contribution in [3.63, 3.8) is 0 Å². The van der Waals surface area contributed by atoms with Crippen LogP contribution in [-0.4, -0.2) is 32.0 Å². The maximum absolute atomic E-state index is 5.81. The topological polar surface area (TPSA) is 34.3 Å². The van der Waals surface area contributed by atoms with Gasteiger partial charge in [-0.2, -0.15) is 0 Å². The van der Waals surface area contributed by atoms with Crippen molar-refractivity contribution in [3.8, 4) is 5.75 Å². The Kier molecular flexibility index (Phi) is 2.81. The van der Waals surface area contributed by atoms with Crippen molar-refractivity contribution < 1.29 is 14.2 Å². The zero-order valence-electron chi connectivity index (χ0n) is 10.4. The molecular formula is C14H18O3. The highest BCUT2D eigenvalue weighted by atomic mass is 16.6. The Labute approximate surface area is 102 Å². The van der Waals surface area contributed by atoms with E-state index < -0.39 is 0 Å². The van der Waals surface area contributed by atoms with Crippen LogP contribution in [0.25, 0.3) is 0 Å². The van der Waals surface area contributed by atoms with E-state index in [0.29, 0.717) is 18.8 Å². The van der Waals surface area contributed by atoms with E-state index >= 15 is 0 Å².